The van der Waals surface area contributed by atoms with Crippen LogP contribution in [0.15, 0.2) is 59.5 Å². The minimum atomic E-state index is -1.15. The summed E-state index contributed by atoms with van der Waals surface area (Å²) in [5.74, 6) is -0.0334. The predicted molar refractivity (Wildman–Crippen MR) is 116 cm³/mol. The smallest absolute Gasteiger partial charge is 0.349 e. The van der Waals surface area contributed by atoms with E-state index in [1.54, 1.807) is 57.2 Å². The average molecular weight is 436 g/mol. The van der Waals surface area contributed by atoms with E-state index < -0.39 is 11.6 Å². The second-order valence-electron chi connectivity index (χ2n) is 7.54. The van der Waals surface area contributed by atoms with Crippen molar-refractivity contribution >= 4 is 17.0 Å². The molecule has 4 rings (SSSR count). The number of halogens is 1. The first-order valence-electron chi connectivity index (χ1n) is 9.99. The molecule has 0 aliphatic rings. The number of benzene rings is 2. The number of H-pyrrole nitrogens is 1. The molecule has 2 heterocycles. The number of hydrogen-bond acceptors (Lipinski definition) is 6. The summed E-state index contributed by atoms with van der Waals surface area (Å²) in [7, 11) is 0. The van der Waals surface area contributed by atoms with Gasteiger partial charge in [-0.25, -0.2) is 18.9 Å². The van der Waals surface area contributed by atoms with Gasteiger partial charge in [-0.15, -0.1) is 0 Å². The van der Waals surface area contributed by atoms with Crippen molar-refractivity contribution in [3.05, 3.63) is 70.9 Å². The monoisotopic (exact) mass is 436 g/mol. The maximum absolute atomic E-state index is 13.3. The zero-order chi connectivity index (χ0) is 22.9. The zero-order valence-electron chi connectivity index (χ0n) is 17.8. The van der Waals surface area contributed by atoms with Crippen LogP contribution in [0.4, 0.5) is 4.39 Å². The number of carbonyl (C=O) groups is 1. The van der Waals surface area contributed by atoms with E-state index in [4.69, 9.17) is 9.47 Å². The van der Waals surface area contributed by atoms with Crippen LogP contribution in [0.5, 0.6) is 5.75 Å². The van der Waals surface area contributed by atoms with Gasteiger partial charge in [0.05, 0.1) is 18.5 Å². The van der Waals surface area contributed by atoms with Gasteiger partial charge in [-0.05, 0) is 69.3 Å². The van der Waals surface area contributed by atoms with E-state index in [-0.39, 0.29) is 18.0 Å². The van der Waals surface area contributed by atoms with Crippen molar-refractivity contribution in [3.63, 3.8) is 0 Å². The van der Waals surface area contributed by atoms with Gasteiger partial charge >= 0.3 is 5.97 Å². The van der Waals surface area contributed by atoms with E-state index in [0.717, 1.165) is 0 Å². The van der Waals surface area contributed by atoms with Crippen LogP contribution >= 0.6 is 0 Å². The van der Waals surface area contributed by atoms with E-state index >= 15 is 0 Å². The highest BCUT2D eigenvalue weighted by molar-refractivity contribution is 5.79. The number of nitrogens with zero attached hydrogens (tertiary/aromatic N) is 3. The fourth-order valence-electron chi connectivity index (χ4n) is 3.15. The molecule has 0 atom stereocenters. The summed E-state index contributed by atoms with van der Waals surface area (Å²) in [5, 5.41) is 4.54. The summed E-state index contributed by atoms with van der Waals surface area (Å²) in [6.45, 7) is 5.25. The molecule has 0 aliphatic heterocycles. The lowest BCUT2D eigenvalue weighted by molar-refractivity contribution is -0.158. The normalized spacial score (nSPS) is 11.5. The van der Waals surface area contributed by atoms with E-state index in [2.05, 4.69) is 15.1 Å². The van der Waals surface area contributed by atoms with Crippen LogP contribution in [-0.4, -0.2) is 37.9 Å². The topological polar surface area (TPSA) is 99.1 Å². The molecule has 164 valence electrons. The average Bonchev–Trinajstić information content (AvgIpc) is 3.19. The van der Waals surface area contributed by atoms with Crippen molar-refractivity contribution in [2.75, 3.05) is 6.61 Å². The molecule has 4 aromatic rings. The van der Waals surface area contributed by atoms with E-state index in [9.17, 15) is 14.0 Å². The number of carbonyl (C=O) groups excluding carboxylic acids is 1. The van der Waals surface area contributed by atoms with Gasteiger partial charge in [0.2, 0.25) is 0 Å². The molecule has 9 heteroatoms. The van der Waals surface area contributed by atoms with Crippen LogP contribution in [-0.2, 0) is 9.53 Å². The molecule has 0 aliphatic carbocycles. The molecule has 0 saturated heterocycles. The van der Waals surface area contributed by atoms with E-state index in [0.29, 0.717) is 33.9 Å². The first-order valence-corrected chi connectivity index (χ1v) is 9.99. The molecular formula is C23H21FN4O4. The van der Waals surface area contributed by atoms with Gasteiger partial charge in [0.25, 0.3) is 5.56 Å². The SMILES string of the molecule is CCOC(=O)C(C)(C)Oc1ccc(-c2nc3c(cnn3-c3ccc(F)cc3)c(=O)[nH]2)cc1. The summed E-state index contributed by atoms with van der Waals surface area (Å²) in [6.07, 6.45) is 1.42. The Morgan fingerprint density at radius 1 is 1.12 bits per heavy atom. The van der Waals surface area contributed by atoms with Gasteiger partial charge < -0.3 is 14.5 Å². The highest BCUT2D eigenvalue weighted by Gasteiger charge is 2.31. The quantitative estimate of drug-likeness (QED) is 0.464. The zero-order valence-corrected chi connectivity index (χ0v) is 17.8. The van der Waals surface area contributed by atoms with Crippen LogP contribution in [0.25, 0.3) is 28.1 Å². The molecule has 0 fully saturated rings. The first kappa shape index (κ1) is 21.2. The molecule has 0 bridgehead atoms. The first-order chi connectivity index (χ1) is 15.3. The fourth-order valence-corrected chi connectivity index (χ4v) is 3.15. The third-order valence-electron chi connectivity index (χ3n) is 4.78. The van der Waals surface area contributed by atoms with E-state index in [1.165, 1.54) is 23.0 Å². The molecule has 0 amide bonds. The molecular weight excluding hydrogens is 415 g/mol. The highest BCUT2D eigenvalue weighted by Crippen LogP contribution is 2.24. The third-order valence-corrected chi connectivity index (χ3v) is 4.78. The Balaban J connectivity index is 1.66. The number of aromatic nitrogens is 4. The van der Waals surface area contributed by atoms with Crippen molar-refractivity contribution < 1.29 is 18.7 Å². The van der Waals surface area contributed by atoms with Crippen molar-refractivity contribution in [2.45, 2.75) is 26.4 Å². The van der Waals surface area contributed by atoms with Gasteiger partial charge in [0.1, 0.15) is 22.8 Å². The predicted octanol–water partition coefficient (Wildman–Crippen LogP) is 3.64. The number of aromatic amines is 1. The Labute approximate surface area is 182 Å². The van der Waals surface area contributed by atoms with Crippen LogP contribution in [0, 0.1) is 5.82 Å². The number of esters is 1. The molecule has 32 heavy (non-hydrogen) atoms. The Bertz CT molecular complexity index is 1330. The van der Waals surface area contributed by atoms with E-state index in [1.807, 2.05) is 0 Å². The molecule has 0 spiro atoms. The molecule has 2 aromatic carbocycles. The fraction of sp³-hybridized carbons (Fsp3) is 0.217. The number of ether oxygens (including phenoxy) is 2. The standard InChI is InChI=1S/C23H21FN4O4/c1-4-31-22(30)23(2,3)32-17-11-5-14(6-12-17)19-26-20-18(21(29)27-19)13-25-28(20)16-9-7-15(24)8-10-16/h5-13H,4H2,1-3H3,(H,26,27,29). The minimum Gasteiger partial charge on any atom is -0.476 e. The molecule has 0 saturated carbocycles. The van der Waals surface area contributed by atoms with Crippen LogP contribution in [0.2, 0.25) is 0 Å². The Morgan fingerprint density at radius 2 is 1.81 bits per heavy atom. The Hall–Kier alpha value is -4.01. The van der Waals surface area contributed by atoms with Crippen molar-refractivity contribution in [1.29, 1.82) is 0 Å². The highest BCUT2D eigenvalue weighted by atomic mass is 19.1. The second kappa shape index (κ2) is 8.26. The van der Waals surface area contributed by atoms with Gasteiger partial charge in [0.15, 0.2) is 11.2 Å². The largest absolute Gasteiger partial charge is 0.476 e. The lowest BCUT2D eigenvalue weighted by atomic mass is 10.1. The van der Waals surface area contributed by atoms with Gasteiger partial charge in [0, 0.05) is 5.56 Å². The van der Waals surface area contributed by atoms with Crippen molar-refractivity contribution in [1.82, 2.24) is 19.7 Å². The van der Waals surface area contributed by atoms with Crippen molar-refractivity contribution in [2.24, 2.45) is 0 Å². The Kier molecular flexibility index (Phi) is 5.48. The molecule has 0 unspecified atom stereocenters. The van der Waals surface area contributed by atoms with Crippen LogP contribution in [0.1, 0.15) is 20.8 Å². The molecule has 1 N–H and O–H groups in total. The number of fused-ring (bicyclic) bond motifs is 1. The summed E-state index contributed by atoms with van der Waals surface area (Å²) >= 11 is 0. The lowest BCUT2D eigenvalue weighted by Crippen LogP contribution is -2.39. The third kappa shape index (κ3) is 4.09. The lowest BCUT2D eigenvalue weighted by Gasteiger charge is -2.24. The Morgan fingerprint density at radius 3 is 2.47 bits per heavy atom. The van der Waals surface area contributed by atoms with Gasteiger partial charge in [-0.1, -0.05) is 0 Å². The summed E-state index contributed by atoms with van der Waals surface area (Å²) in [5.41, 5.74) is 0.0683. The minimum absolute atomic E-state index is 0.264. The molecule has 0 radical (unpaired) electrons. The van der Waals surface area contributed by atoms with Crippen LogP contribution in [0.3, 0.4) is 0 Å². The maximum atomic E-state index is 13.3. The molecule has 2 aromatic heterocycles. The summed E-state index contributed by atoms with van der Waals surface area (Å²) in [4.78, 5) is 31.9. The van der Waals surface area contributed by atoms with Crippen LogP contribution < -0.4 is 10.3 Å². The summed E-state index contributed by atoms with van der Waals surface area (Å²) < 4.78 is 25.5. The molecule has 8 nitrogen and oxygen atoms in total. The van der Waals surface area contributed by atoms with Gasteiger partial charge in [-0.3, -0.25) is 4.79 Å². The number of hydrogen-bond donors (Lipinski definition) is 1. The van der Waals surface area contributed by atoms with Gasteiger partial charge in [-0.2, -0.15) is 5.10 Å². The number of rotatable bonds is 6. The van der Waals surface area contributed by atoms with Crippen molar-refractivity contribution in [3.8, 4) is 22.8 Å². The number of nitrogens with one attached hydrogen (secondary N) is 1. The summed E-state index contributed by atoms with van der Waals surface area (Å²) in [6, 6.07) is 12.5. The maximum Gasteiger partial charge on any atom is 0.349 e. The second-order valence-corrected chi connectivity index (χ2v) is 7.54.